The Morgan fingerprint density at radius 3 is 2.63 bits per heavy atom. The van der Waals surface area contributed by atoms with Crippen LogP contribution >= 0.6 is 11.8 Å². The number of fused-ring (bicyclic) bond motifs is 1. The first-order valence-electron chi connectivity index (χ1n) is 8.92. The maximum absolute atomic E-state index is 13.3. The number of carbonyl (C=O) groups is 1. The summed E-state index contributed by atoms with van der Waals surface area (Å²) in [6, 6.07) is 12.5. The fourth-order valence-electron chi connectivity index (χ4n) is 3.28. The van der Waals surface area contributed by atoms with Crippen molar-refractivity contribution in [2.75, 3.05) is 22.3 Å². The summed E-state index contributed by atoms with van der Waals surface area (Å²) in [5.41, 5.74) is 2.31. The number of sulfonamides is 1. The molecule has 0 aromatic heterocycles. The second kappa shape index (κ2) is 7.56. The second-order valence-corrected chi connectivity index (χ2v) is 10.0. The Kier molecular flexibility index (Phi) is 5.53. The molecule has 0 bridgehead atoms. The van der Waals surface area contributed by atoms with Crippen molar-refractivity contribution in [3.63, 3.8) is 0 Å². The highest BCUT2D eigenvalue weighted by molar-refractivity contribution is 8.00. The molecule has 0 saturated heterocycles. The van der Waals surface area contributed by atoms with Crippen molar-refractivity contribution in [1.82, 2.24) is 0 Å². The molecule has 1 atom stereocenters. The molecule has 0 N–H and O–H groups in total. The number of amides is 1. The van der Waals surface area contributed by atoms with Crippen LogP contribution in [0.4, 0.5) is 11.4 Å². The van der Waals surface area contributed by atoms with Crippen LogP contribution in [-0.4, -0.2) is 32.7 Å². The lowest BCUT2D eigenvalue weighted by Gasteiger charge is -2.32. The van der Waals surface area contributed by atoms with E-state index in [2.05, 4.69) is 6.92 Å². The minimum absolute atomic E-state index is 0.0796. The van der Waals surface area contributed by atoms with E-state index >= 15 is 0 Å². The summed E-state index contributed by atoms with van der Waals surface area (Å²) in [6.07, 6.45) is 0. The summed E-state index contributed by atoms with van der Waals surface area (Å²) < 4.78 is 28.0. The molecule has 1 heterocycles. The zero-order valence-corrected chi connectivity index (χ0v) is 17.6. The third-order valence-corrected chi connectivity index (χ3v) is 7.58. The average molecular weight is 405 g/mol. The van der Waals surface area contributed by atoms with E-state index in [1.54, 1.807) is 34.9 Å². The highest BCUT2D eigenvalue weighted by Gasteiger charge is 2.29. The van der Waals surface area contributed by atoms with Crippen LogP contribution in [0, 0.1) is 6.92 Å². The Balaban J connectivity index is 2.07. The SMILES string of the molecule is CCN(c1cccc(C)c1)S(=O)(=O)c1ccc2c(c1)N(C(C)=O)CC(C)S2. The number of nitrogens with zero attached hydrogens (tertiary/aromatic N) is 2. The molecule has 2 aromatic carbocycles. The molecule has 1 aliphatic heterocycles. The molecule has 0 aliphatic carbocycles. The third-order valence-electron chi connectivity index (χ3n) is 4.53. The molecule has 1 aliphatic rings. The van der Waals surface area contributed by atoms with Gasteiger partial charge in [0.05, 0.1) is 16.3 Å². The normalized spacial score (nSPS) is 16.7. The van der Waals surface area contributed by atoms with Gasteiger partial charge < -0.3 is 4.90 Å². The number of aryl methyl sites for hydroxylation is 1. The molecule has 0 radical (unpaired) electrons. The topological polar surface area (TPSA) is 57.7 Å². The molecule has 27 heavy (non-hydrogen) atoms. The van der Waals surface area contributed by atoms with Crippen LogP contribution in [-0.2, 0) is 14.8 Å². The predicted molar refractivity (Wildman–Crippen MR) is 111 cm³/mol. The Hall–Kier alpha value is -1.99. The summed E-state index contributed by atoms with van der Waals surface area (Å²) in [4.78, 5) is 14.9. The van der Waals surface area contributed by atoms with E-state index in [1.165, 1.54) is 11.2 Å². The van der Waals surface area contributed by atoms with Crippen molar-refractivity contribution >= 4 is 39.1 Å². The van der Waals surface area contributed by atoms with Gasteiger partial charge in [-0.3, -0.25) is 9.10 Å². The Bertz CT molecular complexity index is 973. The Morgan fingerprint density at radius 1 is 1.26 bits per heavy atom. The molecule has 0 spiro atoms. The fraction of sp³-hybridized carbons (Fsp3) is 0.350. The van der Waals surface area contributed by atoms with Crippen LogP contribution in [0.2, 0.25) is 0 Å². The molecule has 5 nitrogen and oxygen atoms in total. The van der Waals surface area contributed by atoms with Gasteiger partial charge in [0, 0.05) is 30.2 Å². The number of hydrogen-bond acceptors (Lipinski definition) is 4. The summed E-state index contributed by atoms with van der Waals surface area (Å²) in [6.45, 7) is 8.23. The van der Waals surface area contributed by atoms with Crippen LogP contribution < -0.4 is 9.21 Å². The van der Waals surface area contributed by atoms with Crippen LogP contribution in [0.25, 0.3) is 0 Å². The first-order chi connectivity index (χ1) is 12.7. The maximum Gasteiger partial charge on any atom is 0.264 e. The van der Waals surface area contributed by atoms with E-state index in [4.69, 9.17) is 0 Å². The zero-order valence-electron chi connectivity index (χ0n) is 16.0. The molecule has 0 fully saturated rings. The van der Waals surface area contributed by atoms with Gasteiger partial charge in [-0.25, -0.2) is 8.42 Å². The second-order valence-electron chi connectivity index (χ2n) is 6.70. The molecule has 2 aromatic rings. The summed E-state index contributed by atoms with van der Waals surface area (Å²) in [7, 11) is -3.73. The van der Waals surface area contributed by atoms with E-state index < -0.39 is 10.0 Å². The third kappa shape index (κ3) is 3.84. The molecule has 0 saturated carbocycles. The van der Waals surface area contributed by atoms with Gasteiger partial charge in [-0.05, 0) is 49.7 Å². The van der Waals surface area contributed by atoms with E-state index in [1.807, 2.05) is 38.1 Å². The molecule has 3 rings (SSSR count). The molecule has 7 heteroatoms. The fourth-order valence-corrected chi connectivity index (χ4v) is 5.86. The van der Waals surface area contributed by atoms with Gasteiger partial charge >= 0.3 is 0 Å². The lowest BCUT2D eigenvalue weighted by atomic mass is 10.2. The van der Waals surface area contributed by atoms with E-state index in [-0.39, 0.29) is 16.1 Å². The first-order valence-corrected chi connectivity index (χ1v) is 11.2. The number of thioether (sulfide) groups is 1. The van der Waals surface area contributed by atoms with Crippen molar-refractivity contribution < 1.29 is 13.2 Å². The van der Waals surface area contributed by atoms with Gasteiger partial charge in [0.15, 0.2) is 0 Å². The van der Waals surface area contributed by atoms with Gasteiger partial charge in [0.2, 0.25) is 5.91 Å². The van der Waals surface area contributed by atoms with E-state index in [0.717, 1.165) is 10.5 Å². The number of hydrogen-bond donors (Lipinski definition) is 0. The van der Waals surface area contributed by atoms with Crippen LogP contribution in [0.3, 0.4) is 0 Å². The standard InChI is InChI=1S/C20H24N2O3S2/c1-5-22(17-8-6-7-14(2)11-17)27(24,25)18-9-10-20-19(12-18)21(16(4)23)13-15(3)26-20/h6-12,15H,5,13H2,1-4H3. The van der Waals surface area contributed by atoms with E-state index in [0.29, 0.717) is 24.5 Å². The van der Waals surface area contributed by atoms with Crippen LogP contribution in [0.15, 0.2) is 52.3 Å². The van der Waals surface area contributed by atoms with Gasteiger partial charge in [0.1, 0.15) is 0 Å². The number of rotatable bonds is 4. The van der Waals surface area contributed by atoms with Crippen molar-refractivity contribution in [1.29, 1.82) is 0 Å². The Labute approximate surface area is 165 Å². The molecular formula is C20H24N2O3S2. The molecule has 144 valence electrons. The maximum atomic E-state index is 13.3. The van der Waals surface area contributed by atoms with Gasteiger partial charge in [-0.15, -0.1) is 11.8 Å². The van der Waals surface area contributed by atoms with E-state index in [9.17, 15) is 13.2 Å². The minimum Gasteiger partial charge on any atom is -0.310 e. The number of carbonyl (C=O) groups excluding carboxylic acids is 1. The monoisotopic (exact) mass is 404 g/mol. The smallest absolute Gasteiger partial charge is 0.264 e. The van der Waals surface area contributed by atoms with Gasteiger partial charge in [-0.1, -0.05) is 19.1 Å². The quantitative estimate of drug-likeness (QED) is 0.771. The van der Waals surface area contributed by atoms with Crippen LogP contribution in [0.1, 0.15) is 26.3 Å². The van der Waals surface area contributed by atoms with Crippen molar-refractivity contribution in [3.8, 4) is 0 Å². The van der Waals surface area contributed by atoms with Crippen molar-refractivity contribution in [3.05, 3.63) is 48.0 Å². The lowest BCUT2D eigenvalue weighted by Crippen LogP contribution is -2.37. The summed E-state index contributed by atoms with van der Waals surface area (Å²) >= 11 is 1.66. The highest BCUT2D eigenvalue weighted by atomic mass is 32.2. The largest absolute Gasteiger partial charge is 0.310 e. The molecule has 1 amide bonds. The molecule has 1 unspecified atom stereocenters. The predicted octanol–water partition coefficient (Wildman–Crippen LogP) is 4.06. The zero-order chi connectivity index (χ0) is 19.8. The van der Waals surface area contributed by atoms with Crippen molar-refractivity contribution in [2.24, 2.45) is 0 Å². The lowest BCUT2D eigenvalue weighted by molar-refractivity contribution is -0.116. The van der Waals surface area contributed by atoms with Gasteiger partial charge in [0.25, 0.3) is 10.0 Å². The van der Waals surface area contributed by atoms with Gasteiger partial charge in [-0.2, -0.15) is 0 Å². The minimum atomic E-state index is -3.73. The van der Waals surface area contributed by atoms with Crippen LogP contribution in [0.5, 0.6) is 0 Å². The number of anilines is 2. The van der Waals surface area contributed by atoms with Crippen molar-refractivity contribution in [2.45, 2.75) is 42.7 Å². The molecular weight excluding hydrogens is 380 g/mol. The first kappa shape index (κ1) is 19.8. The summed E-state index contributed by atoms with van der Waals surface area (Å²) in [5, 5.41) is 0.267. The summed E-state index contributed by atoms with van der Waals surface area (Å²) in [5.74, 6) is -0.0796. The Morgan fingerprint density at radius 2 is 2.00 bits per heavy atom. The number of benzene rings is 2. The highest BCUT2D eigenvalue weighted by Crippen LogP contribution is 2.40. The average Bonchev–Trinajstić information content (AvgIpc) is 2.60.